The summed E-state index contributed by atoms with van der Waals surface area (Å²) >= 11 is 1.55. The van der Waals surface area contributed by atoms with Crippen LogP contribution in [0.25, 0.3) is 0 Å². The van der Waals surface area contributed by atoms with Crippen molar-refractivity contribution >= 4 is 17.7 Å². The third-order valence-corrected chi connectivity index (χ3v) is 4.21. The van der Waals surface area contributed by atoms with Crippen molar-refractivity contribution in [3.05, 3.63) is 29.8 Å². The van der Waals surface area contributed by atoms with Crippen LogP contribution >= 0.6 is 11.8 Å². The molecule has 0 saturated heterocycles. The molecule has 0 fully saturated rings. The molecule has 0 saturated carbocycles. The molecule has 4 heteroatoms. The zero-order valence-electron chi connectivity index (χ0n) is 10.1. The molecule has 0 aliphatic heterocycles. The van der Waals surface area contributed by atoms with Gasteiger partial charge in [-0.1, -0.05) is 13.8 Å². The highest BCUT2D eigenvalue weighted by Crippen LogP contribution is 2.26. The molecule has 0 bridgehead atoms. The summed E-state index contributed by atoms with van der Waals surface area (Å²) in [6.07, 6.45) is 1.45. The summed E-state index contributed by atoms with van der Waals surface area (Å²) in [4.78, 5) is 11.7. The molecule has 0 amide bonds. The van der Waals surface area contributed by atoms with Gasteiger partial charge in [0.2, 0.25) is 0 Å². The fourth-order valence-corrected chi connectivity index (χ4v) is 2.54. The third-order valence-electron chi connectivity index (χ3n) is 2.93. The molecule has 0 unspecified atom stereocenters. The number of carboxylic acids is 1. The number of carboxylic acid groups (broad SMARTS) is 1. The van der Waals surface area contributed by atoms with Gasteiger partial charge in [-0.25, -0.2) is 4.79 Å². The average Bonchev–Trinajstić information content (AvgIpc) is 2.36. The van der Waals surface area contributed by atoms with Gasteiger partial charge in [0.05, 0.1) is 11.2 Å². The molecule has 1 rings (SSSR count). The van der Waals surface area contributed by atoms with E-state index in [1.807, 2.05) is 13.8 Å². The Bertz CT molecular complexity index is 369. The molecule has 0 radical (unpaired) electrons. The van der Waals surface area contributed by atoms with Gasteiger partial charge in [0.15, 0.2) is 0 Å². The first-order valence-electron chi connectivity index (χ1n) is 5.69. The van der Waals surface area contributed by atoms with Gasteiger partial charge in [0.25, 0.3) is 0 Å². The van der Waals surface area contributed by atoms with Gasteiger partial charge in [-0.15, -0.1) is 11.8 Å². The Balaban J connectivity index is 2.61. The van der Waals surface area contributed by atoms with Gasteiger partial charge in [-0.3, -0.25) is 0 Å². The van der Waals surface area contributed by atoms with Crippen LogP contribution < -0.4 is 0 Å². The molecule has 1 aromatic carbocycles. The molecule has 0 aromatic heterocycles. The van der Waals surface area contributed by atoms with Crippen molar-refractivity contribution in [1.82, 2.24) is 0 Å². The van der Waals surface area contributed by atoms with E-state index in [9.17, 15) is 9.90 Å². The SMILES string of the molecule is CCC(O)(CC)CSc1ccc(C(=O)O)cc1. The Morgan fingerprint density at radius 1 is 1.24 bits per heavy atom. The number of rotatable bonds is 6. The van der Waals surface area contributed by atoms with Crippen molar-refractivity contribution in [3.8, 4) is 0 Å². The van der Waals surface area contributed by atoms with E-state index in [0.29, 0.717) is 5.75 Å². The topological polar surface area (TPSA) is 57.5 Å². The van der Waals surface area contributed by atoms with Crippen molar-refractivity contribution < 1.29 is 15.0 Å². The summed E-state index contributed by atoms with van der Waals surface area (Å²) in [5.74, 6) is -0.285. The van der Waals surface area contributed by atoms with Crippen LogP contribution in [0.5, 0.6) is 0 Å². The second-order valence-electron chi connectivity index (χ2n) is 4.05. The molecule has 3 nitrogen and oxygen atoms in total. The van der Waals surface area contributed by atoms with Gasteiger partial charge < -0.3 is 10.2 Å². The Kier molecular flexibility index (Phi) is 5.02. The van der Waals surface area contributed by atoms with E-state index in [1.54, 1.807) is 36.0 Å². The van der Waals surface area contributed by atoms with Gasteiger partial charge in [0, 0.05) is 10.6 Å². The highest BCUT2D eigenvalue weighted by Gasteiger charge is 2.22. The fraction of sp³-hybridized carbons (Fsp3) is 0.462. The van der Waals surface area contributed by atoms with Crippen LogP contribution in [-0.2, 0) is 0 Å². The molecular formula is C13H18O3S. The standard InChI is InChI=1S/C13H18O3S/c1-3-13(16,4-2)9-17-11-7-5-10(6-8-11)12(14)15/h5-8,16H,3-4,9H2,1-2H3,(H,14,15). The van der Waals surface area contributed by atoms with Crippen LogP contribution in [-0.4, -0.2) is 27.5 Å². The van der Waals surface area contributed by atoms with E-state index in [2.05, 4.69) is 0 Å². The average molecular weight is 254 g/mol. The minimum atomic E-state index is -0.917. The molecule has 0 atom stereocenters. The molecule has 17 heavy (non-hydrogen) atoms. The molecule has 0 spiro atoms. The summed E-state index contributed by atoms with van der Waals surface area (Å²) in [6, 6.07) is 6.73. The van der Waals surface area contributed by atoms with E-state index >= 15 is 0 Å². The van der Waals surface area contributed by atoms with Gasteiger partial charge >= 0.3 is 5.97 Å². The summed E-state index contributed by atoms with van der Waals surface area (Å²) < 4.78 is 0. The maximum absolute atomic E-state index is 10.7. The summed E-state index contributed by atoms with van der Waals surface area (Å²) in [5, 5.41) is 18.9. The van der Waals surface area contributed by atoms with Crippen molar-refractivity contribution in [3.63, 3.8) is 0 Å². The lowest BCUT2D eigenvalue weighted by Gasteiger charge is -2.24. The molecule has 94 valence electrons. The van der Waals surface area contributed by atoms with Gasteiger partial charge in [0.1, 0.15) is 0 Å². The fourth-order valence-electron chi connectivity index (χ4n) is 1.37. The molecule has 0 aliphatic carbocycles. The largest absolute Gasteiger partial charge is 0.478 e. The number of hydrogen-bond donors (Lipinski definition) is 2. The van der Waals surface area contributed by atoms with E-state index in [0.717, 1.165) is 17.7 Å². The Morgan fingerprint density at radius 3 is 2.18 bits per heavy atom. The van der Waals surface area contributed by atoms with Crippen molar-refractivity contribution in [2.24, 2.45) is 0 Å². The third kappa shape index (κ3) is 4.06. The molecule has 0 heterocycles. The summed E-state index contributed by atoms with van der Waals surface area (Å²) in [7, 11) is 0. The van der Waals surface area contributed by atoms with Crippen LogP contribution in [0, 0.1) is 0 Å². The van der Waals surface area contributed by atoms with E-state index < -0.39 is 11.6 Å². The minimum Gasteiger partial charge on any atom is -0.478 e. The lowest BCUT2D eigenvalue weighted by Crippen LogP contribution is -2.29. The van der Waals surface area contributed by atoms with E-state index in [-0.39, 0.29) is 5.56 Å². The maximum Gasteiger partial charge on any atom is 0.335 e. The number of benzene rings is 1. The molecule has 2 N–H and O–H groups in total. The highest BCUT2D eigenvalue weighted by atomic mass is 32.2. The quantitative estimate of drug-likeness (QED) is 0.766. The number of aromatic carboxylic acids is 1. The molecule has 1 aromatic rings. The minimum absolute atomic E-state index is 0.288. The maximum atomic E-state index is 10.7. The Morgan fingerprint density at radius 2 is 1.76 bits per heavy atom. The van der Waals surface area contributed by atoms with Crippen molar-refractivity contribution in [2.45, 2.75) is 37.2 Å². The highest BCUT2D eigenvalue weighted by molar-refractivity contribution is 7.99. The number of carbonyl (C=O) groups is 1. The summed E-state index contributed by atoms with van der Waals surface area (Å²) in [5.41, 5.74) is -0.341. The normalized spacial score (nSPS) is 11.5. The monoisotopic (exact) mass is 254 g/mol. The second-order valence-corrected chi connectivity index (χ2v) is 5.10. The van der Waals surface area contributed by atoms with Crippen molar-refractivity contribution in [2.75, 3.05) is 5.75 Å². The smallest absolute Gasteiger partial charge is 0.335 e. The van der Waals surface area contributed by atoms with Crippen LogP contribution in [0.15, 0.2) is 29.2 Å². The Labute approximate surface area is 106 Å². The lowest BCUT2D eigenvalue weighted by molar-refractivity contribution is 0.0571. The summed E-state index contributed by atoms with van der Waals surface area (Å²) in [6.45, 7) is 3.94. The van der Waals surface area contributed by atoms with Crippen LogP contribution in [0.3, 0.4) is 0 Å². The number of thioether (sulfide) groups is 1. The first-order valence-corrected chi connectivity index (χ1v) is 6.68. The predicted molar refractivity (Wildman–Crippen MR) is 69.7 cm³/mol. The van der Waals surface area contributed by atoms with Crippen LogP contribution in [0.4, 0.5) is 0 Å². The Hall–Kier alpha value is -1.00. The van der Waals surface area contributed by atoms with Crippen LogP contribution in [0.1, 0.15) is 37.0 Å². The van der Waals surface area contributed by atoms with E-state index in [1.165, 1.54) is 0 Å². The molecule has 0 aliphatic rings. The van der Waals surface area contributed by atoms with Crippen LogP contribution in [0.2, 0.25) is 0 Å². The predicted octanol–water partition coefficient (Wildman–Crippen LogP) is 3.03. The van der Waals surface area contributed by atoms with Gasteiger partial charge in [-0.2, -0.15) is 0 Å². The van der Waals surface area contributed by atoms with Gasteiger partial charge in [-0.05, 0) is 37.1 Å². The first-order chi connectivity index (χ1) is 8.00. The zero-order chi connectivity index (χ0) is 12.9. The number of hydrogen-bond acceptors (Lipinski definition) is 3. The lowest BCUT2D eigenvalue weighted by atomic mass is 10.0. The molecular weight excluding hydrogens is 236 g/mol. The number of aliphatic hydroxyl groups is 1. The van der Waals surface area contributed by atoms with Crippen molar-refractivity contribution in [1.29, 1.82) is 0 Å². The van der Waals surface area contributed by atoms with E-state index in [4.69, 9.17) is 5.11 Å². The zero-order valence-corrected chi connectivity index (χ0v) is 11.0. The second kappa shape index (κ2) is 6.07. The first kappa shape index (κ1) is 14.1.